The van der Waals surface area contributed by atoms with E-state index in [9.17, 15) is 9.59 Å². The van der Waals surface area contributed by atoms with Gasteiger partial charge in [0.2, 0.25) is 5.91 Å². The summed E-state index contributed by atoms with van der Waals surface area (Å²) in [6.45, 7) is 0.643. The summed E-state index contributed by atoms with van der Waals surface area (Å²) in [5, 5.41) is 0. The summed E-state index contributed by atoms with van der Waals surface area (Å²) in [5.74, 6) is 1.72. The highest BCUT2D eigenvalue weighted by Crippen LogP contribution is 2.33. The number of aryl methyl sites for hydroxylation is 1. The molecule has 2 aliphatic rings. The first-order valence-corrected chi connectivity index (χ1v) is 8.43. The first-order valence-electron chi connectivity index (χ1n) is 6.46. The molecule has 0 spiro atoms. The van der Waals surface area contributed by atoms with E-state index in [2.05, 4.69) is 0 Å². The molecule has 2 N–H and O–H groups in total. The number of carbonyl (C=O) groups excluding carboxylic acids is 2. The lowest BCUT2D eigenvalue weighted by Gasteiger charge is -2.21. The first-order chi connectivity index (χ1) is 9.16. The van der Waals surface area contributed by atoms with Gasteiger partial charge in [-0.1, -0.05) is 0 Å². The fourth-order valence-electron chi connectivity index (χ4n) is 2.70. The third kappa shape index (κ3) is 2.39. The molecule has 1 fully saturated rings. The van der Waals surface area contributed by atoms with Gasteiger partial charge in [0.05, 0.1) is 4.88 Å². The molecule has 2 aliphatic heterocycles. The van der Waals surface area contributed by atoms with Gasteiger partial charge >= 0.3 is 0 Å². The topological polar surface area (TPSA) is 63.4 Å². The number of primary amides is 1. The van der Waals surface area contributed by atoms with Crippen molar-refractivity contribution < 1.29 is 9.59 Å². The maximum atomic E-state index is 12.5. The molecule has 0 saturated carbocycles. The molecule has 3 rings (SSSR count). The second-order valence-electron chi connectivity index (χ2n) is 4.92. The van der Waals surface area contributed by atoms with E-state index in [-0.39, 0.29) is 11.8 Å². The summed E-state index contributed by atoms with van der Waals surface area (Å²) < 4.78 is 0. The third-order valence-corrected chi connectivity index (χ3v) is 5.91. The molecule has 3 heterocycles. The van der Waals surface area contributed by atoms with E-state index in [1.54, 1.807) is 16.2 Å². The minimum atomic E-state index is -0.416. The minimum Gasteiger partial charge on any atom is -0.368 e. The fourth-order valence-corrected chi connectivity index (χ4v) is 5.03. The maximum absolute atomic E-state index is 12.5. The van der Waals surface area contributed by atoms with Crippen molar-refractivity contribution in [3.8, 4) is 0 Å². The van der Waals surface area contributed by atoms with Crippen molar-refractivity contribution in [3.05, 3.63) is 21.4 Å². The maximum Gasteiger partial charge on any atom is 0.264 e. The highest BCUT2D eigenvalue weighted by Gasteiger charge is 2.34. The van der Waals surface area contributed by atoms with Crippen LogP contribution in [0.4, 0.5) is 0 Å². The largest absolute Gasteiger partial charge is 0.368 e. The molecule has 1 aromatic heterocycles. The molecule has 6 heteroatoms. The number of rotatable bonds is 2. The van der Waals surface area contributed by atoms with E-state index in [1.165, 1.54) is 10.4 Å². The van der Waals surface area contributed by atoms with Gasteiger partial charge in [-0.05, 0) is 36.6 Å². The average Bonchev–Trinajstić information content (AvgIpc) is 3.04. The molecule has 0 aliphatic carbocycles. The minimum absolute atomic E-state index is 0.0225. The summed E-state index contributed by atoms with van der Waals surface area (Å²) in [4.78, 5) is 27.6. The van der Waals surface area contributed by atoms with Crippen molar-refractivity contribution >= 4 is 34.9 Å². The highest BCUT2D eigenvalue weighted by atomic mass is 32.2. The first kappa shape index (κ1) is 13.0. The molecule has 2 amide bonds. The lowest BCUT2D eigenvalue weighted by atomic mass is 10.2. The fraction of sp³-hybridized carbons (Fsp3) is 0.538. The average molecular weight is 296 g/mol. The van der Waals surface area contributed by atoms with Crippen LogP contribution in [-0.4, -0.2) is 35.1 Å². The van der Waals surface area contributed by atoms with Gasteiger partial charge in [-0.2, -0.15) is 11.8 Å². The van der Waals surface area contributed by atoms with Crippen LogP contribution in [0, 0.1) is 0 Å². The highest BCUT2D eigenvalue weighted by molar-refractivity contribution is 7.98. The lowest BCUT2D eigenvalue weighted by molar-refractivity contribution is -0.121. The Labute approximate surface area is 120 Å². The second-order valence-corrected chi connectivity index (χ2v) is 7.16. The van der Waals surface area contributed by atoms with Crippen molar-refractivity contribution in [2.24, 2.45) is 5.73 Å². The van der Waals surface area contributed by atoms with E-state index in [0.717, 1.165) is 29.2 Å². The number of hydrogen-bond acceptors (Lipinski definition) is 4. The van der Waals surface area contributed by atoms with Crippen LogP contribution >= 0.6 is 23.1 Å². The summed E-state index contributed by atoms with van der Waals surface area (Å²) in [6, 6.07) is 1.59. The zero-order chi connectivity index (χ0) is 13.4. The van der Waals surface area contributed by atoms with Crippen LogP contribution < -0.4 is 5.73 Å². The van der Waals surface area contributed by atoms with E-state index in [1.807, 2.05) is 17.8 Å². The summed E-state index contributed by atoms with van der Waals surface area (Å²) in [6.07, 6.45) is 2.61. The van der Waals surface area contributed by atoms with Crippen molar-refractivity contribution in [2.75, 3.05) is 12.3 Å². The third-order valence-electron chi connectivity index (χ3n) is 3.68. The van der Waals surface area contributed by atoms with Crippen LogP contribution in [0.2, 0.25) is 0 Å². The Bertz CT molecular complexity index is 503. The number of fused-ring (bicyclic) bond motifs is 1. The van der Waals surface area contributed by atoms with Crippen molar-refractivity contribution in [1.29, 1.82) is 0 Å². The molecule has 0 aromatic carbocycles. The van der Waals surface area contributed by atoms with E-state index < -0.39 is 6.04 Å². The monoisotopic (exact) mass is 296 g/mol. The summed E-state index contributed by atoms with van der Waals surface area (Å²) in [5.41, 5.74) is 6.66. The standard InChI is InChI=1S/C13H16N2O2S2/c14-12(16)9-2-1-4-15(9)13(17)11-6-8-7-18-5-3-10(8)19-11/h6,9H,1-5,7H2,(H2,14,16)/t9-/m0/s1. The molecular formula is C13H16N2O2S2. The number of nitrogens with zero attached hydrogens (tertiary/aromatic N) is 1. The Hall–Kier alpha value is -1.01. The van der Waals surface area contributed by atoms with E-state index in [0.29, 0.717) is 13.0 Å². The van der Waals surface area contributed by atoms with Crippen LogP contribution in [-0.2, 0) is 17.0 Å². The zero-order valence-corrected chi connectivity index (χ0v) is 12.2. The molecule has 1 atom stereocenters. The van der Waals surface area contributed by atoms with Gasteiger partial charge in [0, 0.05) is 17.2 Å². The van der Waals surface area contributed by atoms with Crippen LogP contribution in [0.5, 0.6) is 0 Å². The van der Waals surface area contributed by atoms with Gasteiger partial charge in [0.15, 0.2) is 0 Å². The van der Waals surface area contributed by atoms with E-state index >= 15 is 0 Å². The van der Waals surface area contributed by atoms with Gasteiger partial charge in [-0.25, -0.2) is 0 Å². The van der Waals surface area contributed by atoms with Gasteiger partial charge in [-0.15, -0.1) is 11.3 Å². The Kier molecular flexibility index (Phi) is 3.54. The summed E-state index contributed by atoms with van der Waals surface area (Å²) in [7, 11) is 0. The van der Waals surface area contributed by atoms with E-state index in [4.69, 9.17) is 5.73 Å². The number of likely N-dealkylation sites (tertiary alicyclic amines) is 1. The Balaban J connectivity index is 1.83. The molecule has 0 unspecified atom stereocenters. The predicted octanol–water partition coefficient (Wildman–Crippen LogP) is 1.63. The Morgan fingerprint density at radius 3 is 3.00 bits per heavy atom. The molecule has 4 nitrogen and oxygen atoms in total. The number of hydrogen-bond donors (Lipinski definition) is 1. The van der Waals surface area contributed by atoms with Crippen LogP contribution in [0.25, 0.3) is 0 Å². The summed E-state index contributed by atoms with van der Waals surface area (Å²) >= 11 is 3.50. The Morgan fingerprint density at radius 1 is 1.42 bits per heavy atom. The number of amides is 2. The lowest BCUT2D eigenvalue weighted by Crippen LogP contribution is -2.43. The van der Waals surface area contributed by atoms with Crippen molar-refractivity contribution in [1.82, 2.24) is 4.90 Å². The van der Waals surface area contributed by atoms with Gasteiger partial charge in [0.1, 0.15) is 6.04 Å². The normalized spacial score (nSPS) is 22.3. The van der Waals surface area contributed by atoms with Crippen molar-refractivity contribution in [3.63, 3.8) is 0 Å². The molecular weight excluding hydrogens is 280 g/mol. The second kappa shape index (κ2) is 5.17. The van der Waals surface area contributed by atoms with Crippen molar-refractivity contribution in [2.45, 2.75) is 31.1 Å². The molecule has 0 bridgehead atoms. The van der Waals surface area contributed by atoms with Gasteiger partial charge < -0.3 is 10.6 Å². The molecule has 1 saturated heterocycles. The molecule has 0 radical (unpaired) electrons. The number of thioether (sulfide) groups is 1. The van der Waals surface area contributed by atoms with Crippen LogP contribution in [0.15, 0.2) is 6.07 Å². The van der Waals surface area contributed by atoms with Gasteiger partial charge in [0.25, 0.3) is 5.91 Å². The van der Waals surface area contributed by atoms with Crippen LogP contribution in [0.3, 0.4) is 0 Å². The SMILES string of the molecule is NC(=O)[C@@H]1CCCN1C(=O)c1cc2c(s1)CCSC2. The molecule has 1 aromatic rings. The predicted molar refractivity (Wildman–Crippen MR) is 77.4 cm³/mol. The smallest absolute Gasteiger partial charge is 0.264 e. The molecule has 19 heavy (non-hydrogen) atoms. The van der Waals surface area contributed by atoms with Crippen LogP contribution in [0.1, 0.15) is 33.0 Å². The number of carbonyl (C=O) groups is 2. The quantitative estimate of drug-likeness (QED) is 0.902. The molecule has 102 valence electrons. The van der Waals surface area contributed by atoms with Gasteiger partial charge in [-0.3, -0.25) is 9.59 Å². The zero-order valence-electron chi connectivity index (χ0n) is 10.6. The number of thiophene rings is 1. The Morgan fingerprint density at radius 2 is 2.26 bits per heavy atom. The number of nitrogens with two attached hydrogens (primary N) is 1.